The summed E-state index contributed by atoms with van der Waals surface area (Å²) in [6.45, 7) is 11.1. The third-order valence-electron chi connectivity index (χ3n) is 3.97. The van der Waals surface area contributed by atoms with Crippen LogP contribution in [-0.2, 0) is 14.9 Å². The molecule has 0 fully saturated rings. The lowest BCUT2D eigenvalue weighted by Crippen LogP contribution is -2.39. The quantitative estimate of drug-likeness (QED) is 0.346. The highest BCUT2D eigenvalue weighted by Gasteiger charge is 2.19. The second kappa shape index (κ2) is 12.7. The van der Waals surface area contributed by atoms with Gasteiger partial charge < -0.3 is 20.1 Å². The molecule has 0 saturated carbocycles. The van der Waals surface area contributed by atoms with E-state index in [2.05, 4.69) is 55.7 Å². The lowest BCUT2D eigenvalue weighted by atomic mass is 9.85. The summed E-state index contributed by atoms with van der Waals surface area (Å²) in [5.74, 6) is 0.881. The zero-order valence-electron chi connectivity index (χ0n) is 16.3. The molecule has 5 heteroatoms. The first-order valence-electron chi connectivity index (χ1n) is 9.24. The van der Waals surface area contributed by atoms with Gasteiger partial charge in [-0.2, -0.15) is 0 Å². The minimum absolute atomic E-state index is 0.0127. The van der Waals surface area contributed by atoms with Crippen molar-refractivity contribution in [3.8, 4) is 0 Å². The summed E-state index contributed by atoms with van der Waals surface area (Å²) in [4.78, 5) is 4.77. The van der Waals surface area contributed by atoms with Crippen LogP contribution in [-0.4, -0.2) is 52.5 Å². The van der Waals surface area contributed by atoms with Gasteiger partial charge in [0.15, 0.2) is 5.96 Å². The van der Waals surface area contributed by atoms with Crippen LogP contribution >= 0.6 is 0 Å². The van der Waals surface area contributed by atoms with Gasteiger partial charge in [0.2, 0.25) is 0 Å². The maximum absolute atomic E-state index is 5.47. The van der Waals surface area contributed by atoms with Crippen LogP contribution in [0.4, 0.5) is 0 Å². The Kier molecular flexibility index (Phi) is 10.9. The second-order valence-electron chi connectivity index (χ2n) is 6.68. The van der Waals surface area contributed by atoms with Crippen LogP contribution < -0.4 is 10.6 Å². The first-order chi connectivity index (χ1) is 12.1. The van der Waals surface area contributed by atoms with E-state index in [1.165, 1.54) is 5.56 Å². The number of hydrogen-bond donors (Lipinski definition) is 2. The first kappa shape index (κ1) is 21.5. The maximum Gasteiger partial charge on any atom is 0.191 e. The Bertz CT molecular complexity index is 475. The Labute approximate surface area is 153 Å². The van der Waals surface area contributed by atoms with Gasteiger partial charge >= 0.3 is 0 Å². The zero-order chi connectivity index (χ0) is 18.4. The molecule has 1 rings (SSSR count). The third-order valence-corrected chi connectivity index (χ3v) is 3.97. The van der Waals surface area contributed by atoms with Crippen molar-refractivity contribution < 1.29 is 9.47 Å². The molecule has 0 aromatic heterocycles. The molecule has 1 aromatic carbocycles. The largest absolute Gasteiger partial charge is 0.382 e. The Hall–Kier alpha value is -1.59. The molecule has 142 valence electrons. The van der Waals surface area contributed by atoms with Gasteiger partial charge in [-0.1, -0.05) is 44.2 Å². The van der Waals surface area contributed by atoms with Gasteiger partial charge in [-0.25, -0.2) is 0 Å². The van der Waals surface area contributed by atoms with Gasteiger partial charge in [0.25, 0.3) is 0 Å². The van der Waals surface area contributed by atoms with E-state index in [0.717, 1.165) is 45.0 Å². The van der Waals surface area contributed by atoms with E-state index in [1.54, 1.807) is 7.11 Å². The summed E-state index contributed by atoms with van der Waals surface area (Å²) in [6, 6.07) is 10.5. The fraction of sp³-hybridized carbons (Fsp3) is 0.650. The number of unbranched alkanes of at least 4 members (excludes halogenated alkanes) is 1. The van der Waals surface area contributed by atoms with Crippen molar-refractivity contribution in [2.75, 3.05) is 46.6 Å². The molecule has 0 saturated heterocycles. The predicted molar refractivity (Wildman–Crippen MR) is 105 cm³/mol. The van der Waals surface area contributed by atoms with Crippen molar-refractivity contribution >= 4 is 5.96 Å². The van der Waals surface area contributed by atoms with Crippen molar-refractivity contribution in [1.82, 2.24) is 10.6 Å². The van der Waals surface area contributed by atoms with E-state index in [1.807, 2.05) is 6.07 Å². The van der Waals surface area contributed by atoms with Crippen LogP contribution in [0.1, 0.15) is 39.2 Å². The molecule has 0 unspecified atom stereocenters. The molecular formula is C20H35N3O2. The van der Waals surface area contributed by atoms with Crippen LogP contribution in [0.2, 0.25) is 0 Å². The molecule has 0 atom stereocenters. The standard InChI is InChI=1S/C20H35N3O2/c1-5-21-19(22-13-9-10-14-25-16-15-24-4)23-17-20(2,3)18-11-7-6-8-12-18/h6-8,11-12H,5,9-10,13-17H2,1-4H3,(H2,21,22,23). The third kappa shape index (κ3) is 9.46. The molecular weight excluding hydrogens is 314 g/mol. The molecule has 0 bridgehead atoms. The van der Waals surface area contributed by atoms with E-state index in [-0.39, 0.29) is 5.41 Å². The van der Waals surface area contributed by atoms with E-state index >= 15 is 0 Å². The average Bonchev–Trinajstić information content (AvgIpc) is 2.62. The van der Waals surface area contributed by atoms with Gasteiger partial charge in [0, 0.05) is 32.2 Å². The van der Waals surface area contributed by atoms with Gasteiger partial charge in [-0.15, -0.1) is 0 Å². The molecule has 1 aromatic rings. The molecule has 0 aliphatic heterocycles. The topological polar surface area (TPSA) is 54.9 Å². The smallest absolute Gasteiger partial charge is 0.191 e. The summed E-state index contributed by atoms with van der Waals surface area (Å²) in [6.07, 6.45) is 2.09. The number of rotatable bonds is 12. The van der Waals surface area contributed by atoms with Crippen LogP contribution in [0, 0.1) is 0 Å². The lowest BCUT2D eigenvalue weighted by Gasteiger charge is -2.24. The number of guanidine groups is 1. The van der Waals surface area contributed by atoms with Crippen LogP contribution in [0.25, 0.3) is 0 Å². The van der Waals surface area contributed by atoms with E-state index in [9.17, 15) is 0 Å². The highest BCUT2D eigenvalue weighted by Crippen LogP contribution is 2.22. The van der Waals surface area contributed by atoms with E-state index < -0.39 is 0 Å². The molecule has 0 radical (unpaired) electrons. The highest BCUT2D eigenvalue weighted by molar-refractivity contribution is 5.79. The predicted octanol–water partition coefficient (Wildman–Crippen LogP) is 2.96. The van der Waals surface area contributed by atoms with Gasteiger partial charge in [0.05, 0.1) is 19.8 Å². The number of aliphatic imine (C=N–C) groups is 1. The second-order valence-corrected chi connectivity index (χ2v) is 6.68. The summed E-state index contributed by atoms with van der Waals surface area (Å²) in [5, 5.41) is 6.72. The van der Waals surface area contributed by atoms with E-state index in [4.69, 9.17) is 14.5 Å². The van der Waals surface area contributed by atoms with Crippen molar-refractivity contribution in [3.63, 3.8) is 0 Å². The summed E-state index contributed by atoms with van der Waals surface area (Å²) < 4.78 is 10.4. The first-order valence-corrected chi connectivity index (χ1v) is 9.24. The maximum atomic E-state index is 5.47. The minimum atomic E-state index is 0.0127. The van der Waals surface area contributed by atoms with Crippen molar-refractivity contribution in [1.29, 1.82) is 0 Å². The number of methoxy groups -OCH3 is 1. The molecule has 25 heavy (non-hydrogen) atoms. The minimum Gasteiger partial charge on any atom is -0.382 e. The zero-order valence-corrected chi connectivity index (χ0v) is 16.3. The number of ether oxygens (including phenoxy) is 2. The fourth-order valence-corrected chi connectivity index (χ4v) is 2.38. The number of nitrogens with zero attached hydrogens (tertiary/aromatic N) is 1. The summed E-state index contributed by atoms with van der Waals surface area (Å²) >= 11 is 0. The average molecular weight is 350 g/mol. The SMILES string of the molecule is CCNC(=NCC(C)(C)c1ccccc1)NCCCCOCCOC. The number of nitrogens with one attached hydrogen (secondary N) is 2. The Morgan fingerprint density at radius 2 is 1.80 bits per heavy atom. The number of benzene rings is 1. The van der Waals surface area contributed by atoms with Gasteiger partial charge in [-0.3, -0.25) is 4.99 Å². The van der Waals surface area contributed by atoms with Gasteiger partial charge in [-0.05, 0) is 25.3 Å². The molecule has 0 amide bonds. The molecule has 0 heterocycles. The summed E-state index contributed by atoms with van der Waals surface area (Å²) in [5.41, 5.74) is 1.32. The molecule has 0 aliphatic rings. The van der Waals surface area contributed by atoms with Crippen molar-refractivity contribution in [3.05, 3.63) is 35.9 Å². The van der Waals surface area contributed by atoms with Crippen LogP contribution in [0.15, 0.2) is 35.3 Å². The molecule has 0 spiro atoms. The summed E-state index contributed by atoms with van der Waals surface area (Å²) in [7, 11) is 1.69. The van der Waals surface area contributed by atoms with Crippen molar-refractivity contribution in [2.24, 2.45) is 4.99 Å². The molecule has 5 nitrogen and oxygen atoms in total. The van der Waals surface area contributed by atoms with Crippen molar-refractivity contribution in [2.45, 2.75) is 39.0 Å². The lowest BCUT2D eigenvalue weighted by molar-refractivity contribution is 0.0689. The normalized spacial score (nSPS) is 12.2. The van der Waals surface area contributed by atoms with Gasteiger partial charge in [0.1, 0.15) is 0 Å². The molecule has 0 aliphatic carbocycles. The Morgan fingerprint density at radius 1 is 1.04 bits per heavy atom. The Balaban J connectivity index is 2.36. The van der Waals surface area contributed by atoms with E-state index in [0.29, 0.717) is 13.2 Å². The fourth-order valence-electron chi connectivity index (χ4n) is 2.38. The number of hydrogen-bond acceptors (Lipinski definition) is 3. The highest BCUT2D eigenvalue weighted by atomic mass is 16.5. The van der Waals surface area contributed by atoms with Crippen LogP contribution in [0.5, 0.6) is 0 Å². The molecule has 2 N–H and O–H groups in total. The van der Waals surface area contributed by atoms with Crippen LogP contribution in [0.3, 0.4) is 0 Å². The monoisotopic (exact) mass is 349 g/mol. The Morgan fingerprint density at radius 3 is 2.48 bits per heavy atom.